The van der Waals surface area contributed by atoms with Gasteiger partial charge in [0, 0.05) is 6.54 Å². The SMILES string of the molecule is C=C/C(F)=C(\NCC)SC. The Morgan fingerprint density at radius 3 is 2.70 bits per heavy atom. The Balaban J connectivity index is 4.13. The summed E-state index contributed by atoms with van der Waals surface area (Å²) in [6.07, 6.45) is 3.02. The Labute approximate surface area is 65.4 Å². The molecule has 0 aromatic carbocycles. The molecular formula is C7H12FNS. The lowest BCUT2D eigenvalue weighted by molar-refractivity contribution is 0.649. The fourth-order valence-corrected chi connectivity index (χ4v) is 1.07. The molecule has 0 bridgehead atoms. The molecule has 0 fully saturated rings. The van der Waals surface area contributed by atoms with Gasteiger partial charge in [0.1, 0.15) is 5.03 Å². The third kappa shape index (κ3) is 2.92. The van der Waals surface area contributed by atoms with Crippen LogP contribution in [-0.2, 0) is 0 Å². The van der Waals surface area contributed by atoms with Gasteiger partial charge in [0.2, 0.25) is 0 Å². The molecule has 10 heavy (non-hydrogen) atoms. The fourth-order valence-electron chi connectivity index (χ4n) is 0.507. The highest BCUT2D eigenvalue weighted by molar-refractivity contribution is 8.02. The zero-order chi connectivity index (χ0) is 7.98. The zero-order valence-corrected chi connectivity index (χ0v) is 7.09. The smallest absolute Gasteiger partial charge is 0.152 e. The number of allylic oxidation sites excluding steroid dienone is 2. The van der Waals surface area contributed by atoms with Crippen molar-refractivity contribution in [2.24, 2.45) is 0 Å². The molecule has 0 amide bonds. The predicted molar refractivity (Wildman–Crippen MR) is 45.5 cm³/mol. The van der Waals surface area contributed by atoms with Gasteiger partial charge in [0.05, 0.1) is 0 Å². The van der Waals surface area contributed by atoms with Crippen molar-refractivity contribution in [1.82, 2.24) is 5.32 Å². The van der Waals surface area contributed by atoms with Gasteiger partial charge in [0.25, 0.3) is 0 Å². The van der Waals surface area contributed by atoms with Crippen LogP contribution in [0.5, 0.6) is 0 Å². The summed E-state index contributed by atoms with van der Waals surface area (Å²) in [5.74, 6) is -0.283. The molecule has 1 nitrogen and oxygen atoms in total. The van der Waals surface area contributed by atoms with E-state index in [9.17, 15) is 4.39 Å². The maximum Gasteiger partial charge on any atom is 0.152 e. The Morgan fingerprint density at radius 2 is 2.40 bits per heavy atom. The van der Waals surface area contributed by atoms with Crippen molar-refractivity contribution in [3.05, 3.63) is 23.5 Å². The van der Waals surface area contributed by atoms with E-state index < -0.39 is 0 Å². The summed E-state index contributed by atoms with van der Waals surface area (Å²) in [6.45, 7) is 5.98. The van der Waals surface area contributed by atoms with E-state index in [0.717, 1.165) is 6.54 Å². The zero-order valence-electron chi connectivity index (χ0n) is 6.28. The predicted octanol–water partition coefficient (Wildman–Crippen LogP) is 2.28. The number of rotatable bonds is 4. The minimum atomic E-state index is -0.283. The number of hydrogen-bond donors (Lipinski definition) is 1. The minimum Gasteiger partial charge on any atom is -0.378 e. The fraction of sp³-hybridized carbons (Fsp3) is 0.429. The standard InChI is InChI=1S/C7H12FNS/c1-4-6(8)7(10-3)9-5-2/h4,9H,1,5H2,2-3H3/b7-6-. The van der Waals surface area contributed by atoms with E-state index in [0.29, 0.717) is 5.03 Å². The van der Waals surface area contributed by atoms with Gasteiger partial charge in [-0.1, -0.05) is 6.58 Å². The van der Waals surface area contributed by atoms with E-state index >= 15 is 0 Å². The van der Waals surface area contributed by atoms with Crippen LogP contribution in [0.2, 0.25) is 0 Å². The molecule has 0 saturated heterocycles. The number of nitrogens with one attached hydrogen (secondary N) is 1. The van der Waals surface area contributed by atoms with Crippen molar-refractivity contribution in [2.45, 2.75) is 6.92 Å². The van der Waals surface area contributed by atoms with Gasteiger partial charge < -0.3 is 5.32 Å². The van der Waals surface area contributed by atoms with Crippen LogP contribution in [0, 0.1) is 0 Å². The second kappa shape index (κ2) is 5.35. The minimum absolute atomic E-state index is 0.283. The first-order chi connectivity index (χ1) is 4.76. The van der Waals surface area contributed by atoms with Gasteiger partial charge in [0.15, 0.2) is 5.83 Å². The first-order valence-electron chi connectivity index (χ1n) is 3.06. The van der Waals surface area contributed by atoms with E-state index in [1.54, 1.807) is 0 Å². The molecule has 0 aromatic heterocycles. The number of halogens is 1. The van der Waals surface area contributed by atoms with E-state index in [1.165, 1.54) is 17.8 Å². The molecule has 58 valence electrons. The summed E-state index contributed by atoms with van der Waals surface area (Å²) in [6, 6.07) is 0. The topological polar surface area (TPSA) is 12.0 Å². The maximum absolute atomic E-state index is 12.7. The average molecular weight is 161 g/mol. The lowest BCUT2D eigenvalue weighted by Crippen LogP contribution is -2.10. The second-order valence-electron chi connectivity index (χ2n) is 1.62. The van der Waals surface area contributed by atoms with Crippen molar-refractivity contribution in [2.75, 3.05) is 12.8 Å². The van der Waals surface area contributed by atoms with Crippen LogP contribution in [0.15, 0.2) is 23.5 Å². The van der Waals surface area contributed by atoms with E-state index in [1.807, 2.05) is 13.2 Å². The van der Waals surface area contributed by atoms with Gasteiger partial charge in [-0.3, -0.25) is 0 Å². The molecule has 0 rings (SSSR count). The Kier molecular flexibility index (Phi) is 5.12. The highest BCUT2D eigenvalue weighted by atomic mass is 32.2. The molecule has 0 unspecified atom stereocenters. The van der Waals surface area contributed by atoms with Crippen molar-refractivity contribution in [1.29, 1.82) is 0 Å². The summed E-state index contributed by atoms with van der Waals surface area (Å²) in [4.78, 5) is 0. The molecule has 0 spiro atoms. The lowest BCUT2D eigenvalue weighted by atomic mass is 10.5. The van der Waals surface area contributed by atoms with E-state index in [2.05, 4.69) is 11.9 Å². The van der Waals surface area contributed by atoms with Gasteiger partial charge in [-0.2, -0.15) is 0 Å². The van der Waals surface area contributed by atoms with Crippen molar-refractivity contribution in [3.8, 4) is 0 Å². The van der Waals surface area contributed by atoms with Crippen molar-refractivity contribution < 1.29 is 4.39 Å². The summed E-state index contributed by atoms with van der Waals surface area (Å²) < 4.78 is 12.7. The van der Waals surface area contributed by atoms with Gasteiger partial charge >= 0.3 is 0 Å². The highest BCUT2D eigenvalue weighted by Crippen LogP contribution is 2.14. The van der Waals surface area contributed by atoms with Crippen LogP contribution in [0.3, 0.4) is 0 Å². The quantitative estimate of drug-likeness (QED) is 0.635. The molecular weight excluding hydrogens is 149 g/mol. The third-order valence-electron chi connectivity index (χ3n) is 0.938. The van der Waals surface area contributed by atoms with Crippen LogP contribution in [0.25, 0.3) is 0 Å². The molecule has 0 heterocycles. The van der Waals surface area contributed by atoms with Crippen LogP contribution in [0.1, 0.15) is 6.92 Å². The van der Waals surface area contributed by atoms with Crippen molar-refractivity contribution in [3.63, 3.8) is 0 Å². The first kappa shape index (κ1) is 9.56. The Hall–Kier alpha value is -0.440. The average Bonchev–Trinajstić information content (AvgIpc) is 1.99. The molecule has 0 saturated carbocycles. The van der Waals surface area contributed by atoms with Crippen molar-refractivity contribution >= 4 is 11.8 Å². The summed E-state index contributed by atoms with van der Waals surface area (Å²) in [5.41, 5.74) is 0. The van der Waals surface area contributed by atoms with Crippen LogP contribution in [0.4, 0.5) is 4.39 Å². The molecule has 1 N–H and O–H groups in total. The monoisotopic (exact) mass is 161 g/mol. The molecule has 0 radical (unpaired) electrons. The molecule has 0 aliphatic heterocycles. The van der Waals surface area contributed by atoms with Gasteiger partial charge in [-0.05, 0) is 19.3 Å². The van der Waals surface area contributed by atoms with Gasteiger partial charge in [-0.25, -0.2) is 4.39 Å². The Bertz CT molecular complexity index is 143. The molecule has 0 aromatic rings. The van der Waals surface area contributed by atoms with Crippen LogP contribution >= 0.6 is 11.8 Å². The number of thioether (sulfide) groups is 1. The molecule has 0 aliphatic rings. The molecule has 0 atom stereocenters. The van der Waals surface area contributed by atoms with E-state index in [-0.39, 0.29) is 5.83 Å². The Morgan fingerprint density at radius 1 is 1.80 bits per heavy atom. The lowest BCUT2D eigenvalue weighted by Gasteiger charge is -2.04. The summed E-state index contributed by atoms with van der Waals surface area (Å²) in [7, 11) is 0. The summed E-state index contributed by atoms with van der Waals surface area (Å²) in [5, 5.41) is 3.43. The first-order valence-corrected chi connectivity index (χ1v) is 4.28. The van der Waals surface area contributed by atoms with Gasteiger partial charge in [-0.15, -0.1) is 11.8 Å². The van der Waals surface area contributed by atoms with Crippen LogP contribution < -0.4 is 5.32 Å². The normalized spacial score (nSPS) is 12.3. The molecule has 3 heteroatoms. The maximum atomic E-state index is 12.7. The highest BCUT2D eigenvalue weighted by Gasteiger charge is 1.98. The number of hydrogen-bond acceptors (Lipinski definition) is 2. The molecule has 0 aliphatic carbocycles. The van der Waals surface area contributed by atoms with E-state index in [4.69, 9.17) is 0 Å². The largest absolute Gasteiger partial charge is 0.378 e. The van der Waals surface area contributed by atoms with Crippen LogP contribution in [-0.4, -0.2) is 12.8 Å². The second-order valence-corrected chi connectivity index (χ2v) is 2.43. The summed E-state index contributed by atoms with van der Waals surface area (Å²) >= 11 is 1.35. The third-order valence-corrected chi connectivity index (χ3v) is 1.69.